The molecule has 3 aromatic rings. The Bertz CT molecular complexity index is 1050. The first-order valence-electron chi connectivity index (χ1n) is 10.4. The number of primary amides is 1. The van der Waals surface area contributed by atoms with Crippen molar-refractivity contribution in [2.45, 2.75) is 18.9 Å². The summed E-state index contributed by atoms with van der Waals surface area (Å²) in [5.41, 5.74) is 8.73. The van der Waals surface area contributed by atoms with E-state index in [-0.39, 0.29) is 5.92 Å². The van der Waals surface area contributed by atoms with Gasteiger partial charge in [-0.3, -0.25) is 4.79 Å². The average Bonchev–Trinajstić information content (AvgIpc) is 2.83. The van der Waals surface area contributed by atoms with Gasteiger partial charge in [-0.15, -0.1) is 0 Å². The van der Waals surface area contributed by atoms with Crippen LogP contribution in [0.4, 0.5) is 5.69 Å². The number of rotatable bonds is 11. The molecular weight excluding hydrogens is 404 g/mol. The predicted molar refractivity (Wildman–Crippen MR) is 125 cm³/mol. The zero-order chi connectivity index (χ0) is 22.9. The molecule has 0 aliphatic heterocycles. The molecule has 3 aromatic carbocycles. The number of likely N-dealkylation sites (N-methyl/N-ethyl adjacent to an activating group) is 1. The summed E-state index contributed by atoms with van der Waals surface area (Å²) in [6, 6.07) is 22.8. The van der Waals surface area contributed by atoms with Gasteiger partial charge in [0.2, 0.25) is 5.91 Å². The highest BCUT2D eigenvalue weighted by atomic mass is 16.5. The summed E-state index contributed by atoms with van der Waals surface area (Å²) in [7, 11) is 3.53. The van der Waals surface area contributed by atoms with Crippen molar-refractivity contribution in [3.63, 3.8) is 0 Å². The largest absolute Gasteiger partial charge is 0.493 e. The van der Waals surface area contributed by atoms with E-state index in [9.17, 15) is 9.59 Å². The molecule has 0 spiro atoms. The highest BCUT2D eigenvalue weighted by Crippen LogP contribution is 2.33. The maximum absolute atomic E-state index is 11.5. The van der Waals surface area contributed by atoms with Crippen molar-refractivity contribution < 1.29 is 19.1 Å². The van der Waals surface area contributed by atoms with Gasteiger partial charge in [0.05, 0.1) is 7.11 Å². The Hall–Kier alpha value is -3.80. The second-order valence-corrected chi connectivity index (χ2v) is 7.58. The van der Waals surface area contributed by atoms with Crippen molar-refractivity contribution in [3.05, 3.63) is 89.5 Å². The van der Waals surface area contributed by atoms with Crippen LogP contribution in [0.5, 0.6) is 11.5 Å². The molecular formula is C26H28N2O4. The van der Waals surface area contributed by atoms with Crippen LogP contribution in [0.2, 0.25) is 0 Å². The van der Waals surface area contributed by atoms with Crippen LogP contribution in [0.1, 0.15) is 33.8 Å². The Morgan fingerprint density at radius 1 is 1.03 bits per heavy atom. The third kappa shape index (κ3) is 5.88. The highest BCUT2D eigenvalue weighted by Gasteiger charge is 2.18. The molecule has 1 amide bonds. The molecule has 2 N–H and O–H groups in total. The number of nitrogens with zero attached hydrogens (tertiary/aromatic N) is 1. The second kappa shape index (κ2) is 11.0. The molecule has 0 saturated heterocycles. The van der Waals surface area contributed by atoms with E-state index in [4.69, 9.17) is 15.2 Å². The molecule has 166 valence electrons. The van der Waals surface area contributed by atoms with Gasteiger partial charge < -0.3 is 24.9 Å². The zero-order valence-electron chi connectivity index (χ0n) is 18.4. The lowest BCUT2D eigenvalue weighted by molar-refractivity contribution is -0.108. The first-order chi connectivity index (χ1) is 15.5. The van der Waals surface area contributed by atoms with Crippen molar-refractivity contribution in [2.24, 2.45) is 5.73 Å². The van der Waals surface area contributed by atoms with Gasteiger partial charge in [-0.2, -0.15) is 0 Å². The van der Waals surface area contributed by atoms with E-state index in [2.05, 4.69) is 0 Å². The summed E-state index contributed by atoms with van der Waals surface area (Å²) in [6.07, 6.45) is 1.28. The fourth-order valence-electron chi connectivity index (χ4n) is 3.56. The molecule has 1 unspecified atom stereocenters. The number of benzene rings is 3. The van der Waals surface area contributed by atoms with E-state index >= 15 is 0 Å². The van der Waals surface area contributed by atoms with Crippen LogP contribution < -0.4 is 20.1 Å². The van der Waals surface area contributed by atoms with Crippen LogP contribution in [-0.4, -0.2) is 32.9 Å². The third-order valence-corrected chi connectivity index (χ3v) is 5.34. The molecule has 6 nitrogen and oxygen atoms in total. The topological polar surface area (TPSA) is 81.9 Å². The van der Waals surface area contributed by atoms with Gasteiger partial charge in [-0.1, -0.05) is 42.5 Å². The maximum Gasteiger partial charge on any atom is 0.248 e. The Morgan fingerprint density at radius 3 is 2.50 bits per heavy atom. The lowest BCUT2D eigenvalue weighted by atomic mass is 9.95. The fraction of sp³-hybridized carbons (Fsp3) is 0.231. The normalized spacial score (nSPS) is 11.4. The highest BCUT2D eigenvalue weighted by molar-refractivity contribution is 5.93. The third-order valence-electron chi connectivity index (χ3n) is 5.34. The van der Waals surface area contributed by atoms with Gasteiger partial charge in [0, 0.05) is 37.2 Å². The minimum atomic E-state index is -0.472. The summed E-state index contributed by atoms with van der Waals surface area (Å²) in [5, 5.41) is 0. The molecule has 1 atom stereocenters. The van der Waals surface area contributed by atoms with Crippen LogP contribution in [0.15, 0.2) is 72.8 Å². The summed E-state index contributed by atoms with van der Waals surface area (Å²) < 4.78 is 11.5. The van der Waals surface area contributed by atoms with Gasteiger partial charge in [0.25, 0.3) is 0 Å². The van der Waals surface area contributed by atoms with E-state index in [1.54, 1.807) is 25.3 Å². The number of carbonyl (C=O) groups excluding carboxylic acids is 2. The molecule has 0 aliphatic rings. The van der Waals surface area contributed by atoms with Gasteiger partial charge in [-0.25, -0.2) is 0 Å². The Kier molecular flexibility index (Phi) is 7.86. The molecule has 32 heavy (non-hydrogen) atoms. The SMILES string of the molecule is COc1ccc(C(CC=O)CN(C)c2cccc(C(N)=O)c2)cc1OCc1ccccc1. The fourth-order valence-corrected chi connectivity index (χ4v) is 3.56. The molecule has 0 aliphatic carbocycles. The number of carbonyl (C=O) groups is 2. The zero-order valence-corrected chi connectivity index (χ0v) is 18.4. The average molecular weight is 433 g/mol. The standard InChI is InChI=1S/C26H28N2O4/c1-28(23-10-6-9-21(15-23)26(27)30)17-22(13-14-29)20-11-12-24(31-2)25(16-20)32-18-19-7-4-3-5-8-19/h3-12,14-16,22H,13,17-18H2,1-2H3,(H2,27,30). The maximum atomic E-state index is 11.5. The molecule has 3 rings (SSSR count). The lowest BCUT2D eigenvalue weighted by Crippen LogP contribution is -2.25. The van der Waals surface area contributed by atoms with Crippen LogP contribution >= 0.6 is 0 Å². The Balaban J connectivity index is 1.81. The van der Waals surface area contributed by atoms with E-state index in [0.717, 1.165) is 23.1 Å². The van der Waals surface area contributed by atoms with E-state index in [1.165, 1.54) is 0 Å². The molecule has 6 heteroatoms. The summed E-state index contributed by atoms with van der Waals surface area (Å²) in [5.74, 6) is 0.722. The number of amides is 1. The number of anilines is 1. The molecule has 0 heterocycles. The number of nitrogens with two attached hydrogens (primary N) is 1. The summed E-state index contributed by atoms with van der Waals surface area (Å²) in [4.78, 5) is 25.0. The molecule has 0 aromatic heterocycles. The van der Waals surface area contributed by atoms with Gasteiger partial charge in [-0.05, 0) is 41.5 Å². The predicted octanol–water partition coefficient (Wildman–Crippen LogP) is 4.18. The first-order valence-corrected chi connectivity index (χ1v) is 10.4. The van der Waals surface area contributed by atoms with Crippen LogP contribution in [0, 0.1) is 0 Å². The number of ether oxygens (including phenoxy) is 2. The van der Waals surface area contributed by atoms with Crippen molar-refractivity contribution in [3.8, 4) is 11.5 Å². The summed E-state index contributed by atoms with van der Waals surface area (Å²) in [6.45, 7) is 0.990. The number of methoxy groups -OCH3 is 1. The van der Waals surface area contributed by atoms with E-state index < -0.39 is 5.91 Å². The van der Waals surface area contributed by atoms with Crippen molar-refractivity contribution in [2.75, 3.05) is 25.6 Å². The quantitative estimate of drug-likeness (QED) is 0.460. The lowest BCUT2D eigenvalue weighted by Gasteiger charge is -2.26. The van der Waals surface area contributed by atoms with E-state index in [1.807, 2.05) is 66.5 Å². The minimum Gasteiger partial charge on any atom is -0.493 e. The monoisotopic (exact) mass is 432 g/mol. The van der Waals surface area contributed by atoms with Crippen molar-refractivity contribution in [1.29, 1.82) is 0 Å². The first kappa shape index (κ1) is 22.9. The van der Waals surface area contributed by atoms with E-state index in [0.29, 0.717) is 36.6 Å². The Morgan fingerprint density at radius 2 is 1.81 bits per heavy atom. The van der Waals surface area contributed by atoms with Crippen LogP contribution in [0.3, 0.4) is 0 Å². The minimum absolute atomic E-state index is 0.0697. The number of hydrogen-bond acceptors (Lipinski definition) is 5. The van der Waals surface area contributed by atoms with Gasteiger partial charge in [0.1, 0.15) is 12.9 Å². The second-order valence-electron chi connectivity index (χ2n) is 7.58. The molecule has 0 radical (unpaired) electrons. The van der Waals surface area contributed by atoms with Gasteiger partial charge >= 0.3 is 0 Å². The van der Waals surface area contributed by atoms with Crippen molar-refractivity contribution >= 4 is 17.9 Å². The summed E-state index contributed by atoms with van der Waals surface area (Å²) >= 11 is 0. The molecule has 0 saturated carbocycles. The molecule has 0 bridgehead atoms. The van der Waals surface area contributed by atoms with Crippen molar-refractivity contribution in [1.82, 2.24) is 0 Å². The smallest absolute Gasteiger partial charge is 0.248 e. The number of hydrogen-bond donors (Lipinski definition) is 1. The number of aldehydes is 1. The van der Waals surface area contributed by atoms with Crippen LogP contribution in [-0.2, 0) is 11.4 Å². The van der Waals surface area contributed by atoms with Gasteiger partial charge in [0.15, 0.2) is 11.5 Å². The Labute approximate surface area is 188 Å². The molecule has 0 fully saturated rings. The van der Waals surface area contributed by atoms with Crippen LogP contribution in [0.25, 0.3) is 0 Å².